The van der Waals surface area contributed by atoms with Gasteiger partial charge >= 0.3 is 0 Å². The number of ether oxygens (including phenoxy) is 1. The summed E-state index contributed by atoms with van der Waals surface area (Å²) in [7, 11) is 0. The third-order valence-electron chi connectivity index (χ3n) is 2.73. The van der Waals surface area contributed by atoms with Crippen LogP contribution < -0.4 is 10.1 Å². The van der Waals surface area contributed by atoms with Gasteiger partial charge in [-0.25, -0.2) is 4.98 Å². The van der Waals surface area contributed by atoms with E-state index in [1.54, 1.807) is 11.3 Å². The average Bonchev–Trinajstić information content (AvgIpc) is 2.85. The Morgan fingerprint density at radius 1 is 1.21 bits per heavy atom. The van der Waals surface area contributed by atoms with E-state index in [9.17, 15) is 0 Å². The Hall–Kier alpha value is -1.39. The molecule has 0 atom stereocenters. The van der Waals surface area contributed by atoms with Crippen molar-refractivity contribution in [3.8, 4) is 5.75 Å². The van der Waals surface area contributed by atoms with Gasteiger partial charge in [-0.2, -0.15) is 0 Å². The van der Waals surface area contributed by atoms with Crippen LogP contribution in [0.25, 0.3) is 0 Å². The highest BCUT2D eigenvalue weighted by molar-refractivity contribution is 7.09. The van der Waals surface area contributed by atoms with E-state index in [1.807, 2.05) is 37.3 Å². The lowest BCUT2D eigenvalue weighted by molar-refractivity contribution is 0.308. The minimum atomic E-state index is 0.757. The maximum Gasteiger partial charge on any atom is 0.119 e. The molecule has 3 nitrogen and oxygen atoms in total. The van der Waals surface area contributed by atoms with E-state index in [1.165, 1.54) is 5.69 Å². The minimum Gasteiger partial charge on any atom is -0.494 e. The zero-order valence-electron chi connectivity index (χ0n) is 11.3. The lowest BCUT2D eigenvalue weighted by Gasteiger charge is -2.06. The first kappa shape index (κ1) is 14.0. The molecule has 4 heteroatoms. The van der Waals surface area contributed by atoms with Crippen molar-refractivity contribution in [3.63, 3.8) is 0 Å². The summed E-state index contributed by atoms with van der Waals surface area (Å²) in [6.07, 6.45) is 2.02. The maximum atomic E-state index is 5.62. The Morgan fingerprint density at radius 2 is 2.05 bits per heavy atom. The van der Waals surface area contributed by atoms with Crippen molar-refractivity contribution in [1.82, 2.24) is 10.3 Å². The smallest absolute Gasteiger partial charge is 0.119 e. The van der Waals surface area contributed by atoms with Gasteiger partial charge in [0.25, 0.3) is 0 Å². The molecular weight excluding hydrogens is 256 g/mol. The van der Waals surface area contributed by atoms with Crippen LogP contribution in [0.1, 0.15) is 17.1 Å². The van der Waals surface area contributed by atoms with Gasteiger partial charge in [-0.3, -0.25) is 0 Å². The van der Waals surface area contributed by atoms with E-state index in [0.29, 0.717) is 0 Å². The standard InChI is InChI=1S/C15H20N2OS/c1-13-17-14(12-19-13)8-10-16-9-5-11-18-15-6-3-2-4-7-15/h2-4,6-7,12,16H,5,8-11H2,1H3. The predicted molar refractivity (Wildman–Crippen MR) is 80.0 cm³/mol. The first-order chi connectivity index (χ1) is 9.34. The molecule has 1 heterocycles. The van der Waals surface area contributed by atoms with Crippen LogP contribution in [0.15, 0.2) is 35.7 Å². The van der Waals surface area contributed by atoms with Gasteiger partial charge in [0.2, 0.25) is 0 Å². The predicted octanol–water partition coefficient (Wildman–Crippen LogP) is 3.05. The van der Waals surface area contributed by atoms with E-state index >= 15 is 0 Å². The van der Waals surface area contributed by atoms with Crippen molar-refractivity contribution in [2.24, 2.45) is 0 Å². The summed E-state index contributed by atoms with van der Waals surface area (Å²) in [5.41, 5.74) is 1.19. The van der Waals surface area contributed by atoms with Crippen LogP contribution in [-0.2, 0) is 6.42 Å². The Kier molecular flexibility index (Phi) is 5.85. The molecule has 2 rings (SSSR count). The monoisotopic (exact) mass is 276 g/mol. The summed E-state index contributed by atoms with van der Waals surface area (Å²) in [6.45, 7) is 4.76. The average molecular weight is 276 g/mol. The first-order valence-electron chi connectivity index (χ1n) is 6.64. The molecule has 0 spiro atoms. The molecule has 0 amide bonds. The highest BCUT2D eigenvalue weighted by atomic mass is 32.1. The second kappa shape index (κ2) is 7.92. The van der Waals surface area contributed by atoms with Crippen LogP contribution in [-0.4, -0.2) is 24.7 Å². The van der Waals surface area contributed by atoms with E-state index in [0.717, 1.165) is 43.3 Å². The number of aromatic nitrogens is 1. The molecule has 0 unspecified atom stereocenters. The van der Waals surface area contributed by atoms with Crippen LogP contribution in [0.2, 0.25) is 0 Å². The zero-order chi connectivity index (χ0) is 13.3. The van der Waals surface area contributed by atoms with Gasteiger partial charge in [-0.05, 0) is 32.0 Å². The summed E-state index contributed by atoms with van der Waals surface area (Å²) in [6, 6.07) is 9.94. The molecule has 0 aliphatic heterocycles. The molecule has 0 radical (unpaired) electrons. The summed E-state index contributed by atoms with van der Waals surface area (Å²) in [5.74, 6) is 0.945. The fraction of sp³-hybridized carbons (Fsp3) is 0.400. The zero-order valence-corrected chi connectivity index (χ0v) is 12.1. The Morgan fingerprint density at radius 3 is 2.79 bits per heavy atom. The molecule has 0 saturated carbocycles. The van der Waals surface area contributed by atoms with Crippen LogP contribution in [0.5, 0.6) is 5.75 Å². The lowest BCUT2D eigenvalue weighted by Crippen LogP contribution is -2.20. The quantitative estimate of drug-likeness (QED) is 0.752. The Balaban J connectivity index is 1.48. The van der Waals surface area contributed by atoms with Gasteiger partial charge in [-0.15, -0.1) is 11.3 Å². The molecule has 0 bridgehead atoms. The maximum absolute atomic E-state index is 5.62. The van der Waals surface area contributed by atoms with Gasteiger partial charge in [0.1, 0.15) is 5.75 Å². The van der Waals surface area contributed by atoms with Crippen molar-refractivity contribution in [3.05, 3.63) is 46.4 Å². The van der Waals surface area contributed by atoms with Crippen molar-refractivity contribution < 1.29 is 4.74 Å². The molecule has 0 aliphatic rings. The van der Waals surface area contributed by atoms with E-state index in [2.05, 4.69) is 15.7 Å². The summed E-state index contributed by atoms with van der Waals surface area (Å²) < 4.78 is 5.62. The third-order valence-corrected chi connectivity index (χ3v) is 3.56. The fourth-order valence-corrected chi connectivity index (χ4v) is 2.42. The third kappa shape index (κ3) is 5.41. The SMILES string of the molecule is Cc1nc(CCNCCCOc2ccccc2)cs1. The van der Waals surface area contributed by atoms with Crippen molar-refractivity contribution >= 4 is 11.3 Å². The number of para-hydroxylation sites is 1. The molecular formula is C15H20N2OS. The molecule has 2 aromatic rings. The molecule has 19 heavy (non-hydrogen) atoms. The molecule has 102 valence electrons. The second-order valence-electron chi connectivity index (χ2n) is 4.37. The van der Waals surface area contributed by atoms with Crippen LogP contribution >= 0.6 is 11.3 Å². The number of hydrogen-bond acceptors (Lipinski definition) is 4. The molecule has 1 aromatic carbocycles. The Labute approximate surface area is 118 Å². The van der Waals surface area contributed by atoms with Gasteiger partial charge in [0.15, 0.2) is 0 Å². The summed E-state index contributed by atoms with van der Waals surface area (Å²) in [5, 5.41) is 6.69. The van der Waals surface area contributed by atoms with Crippen LogP contribution in [0.4, 0.5) is 0 Å². The molecule has 0 saturated heterocycles. The molecule has 1 N–H and O–H groups in total. The highest BCUT2D eigenvalue weighted by Crippen LogP contribution is 2.08. The van der Waals surface area contributed by atoms with Crippen LogP contribution in [0.3, 0.4) is 0 Å². The van der Waals surface area contributed by atoms with Gasteiger partial charge in [0.05, 0.1) is 17.3 Å². The van der Waals surface area contributed by atoms with Crippen LogP contribution in [0, 0.1) is 6.92 Å². The summed E-state index contributed by atoms with van der Waals surface area (Å²) in [4.78, 5) is 4.44. The van der Waals surface area contributed by atoms with E-state index < -0.39 is 0 Å². The van der Waals surface area contributed by atoms with Crippen molar-refractivity contribution in [2.75, 3.05) is 19.7 Å². The number of nitrogens with one attached hydrogen (secondary N) is 1. The fourth-order valence-electron chi connectivity index (χ4n) is 1.77. The number of thiazole rings is 1. The number of rotatable bonds is 8. The highest BCUT2D eigenvalue weighted by Gasteiger charge is 1.97. The number of aryl methyl sites for hydroxylation is 1. The lowest BCUT2D eigenvalue weighted by atomic mass is 10.3. The minimum absolute atomic E-state index is 0.757. The topological polar surface area (TPSA) is 34.2 Å². The largest absolute Gasteiger partial charge is 0.494 e. The molecule has 0 fully saturated rings. The normalized spacial score (nSPS) is 10.6. The van der Waals surface area contributed by atoms with Crippen molar-refractivity contribution in [1.29, 1.82) is 0 Å². The van der Waals surface area contributed by atoms with Gasteiger partial charge < -0.3 is 10.1 Å². The Bertz CT molecular complexity index is 470. The number of nitrogens with zero attached hydrogens (tertiary/aromatic N) is 1. The van der Waals surface area contributed by atoms with Gasteiger partial charge in [0, 0.05) is 18.3 Å². The van der Waals surface area contributed by atoms with E-state index in [-0.39, 0.29) is 0 Å². The number of hydrogen-bond donors (Lipinski definition) is 1. The van der Waals surface area contributed by atoms with Gasteiger partial charge in [-0.1, -0.05) is 18.2 Å². The molecule has 0 aliphatic carbocycles. The molecule has 1 aromatic heterocycles. The summed E-state index contributed by atoms with van der Waals surface area (Å²) >= 11 is 1.72. The first-order valence-corrected chi connectivity index (χ1v) is 7.52. The van der Waals surface area contributed by atoms with Crippen molar-refractivity contribution in [2.45, 2.75) is 19.8 Å². The second-order valence-corrected chi connectivity index (χ2v) is 5.44. The number of benzene rings is 1. The van der Waals surface area contributed by atoms with E-state index in [4.69, 9.17) is 4.74 Å².